The van der Waals surface area contributed by atoms with Gasteiger partial charge in [-0.1, -0.05) is 54.1 Å². The van der Waals surface area contributed by atoms with Crippen LogP contribution in [-0.4, -0.2) is 6.54 Å². The Morgan fingerprint density at radius 2 is 1.60 bits per heavy atom. The van der Waals surface area contributed by atoms with Crippen LogP contribution in [-0.2, 0) is 0 Å². The van der Waals surface area contributed by atoms with Crippen molar-refractivity contribution in [1.82, 2.24) is 0 Å². The summed E-state index contributed by atoms with van der Waals surface area (Å²) < 4.78 is 0. The molecule has 0 fully saturated rings. The molecule has 1 heteroatoms. The average molecular weight is 261 g/mol. The largest absolute Gasteiger partial charge is 0.380 e. The molecule has 0 amide bonds. The van der Waals surface area contributed by atoms with Gasteiger partial charge in [0, 0.05) is 17.8 Å². The summed E-state index contributed by atoms with van der Waals surface area (Å²) in [4.78, 5) is 0. The minimum atomic E-state index is 0.885. The molecule has 2 aromatic rings. The monoisotopic (exact) mass is 261 g/mol. The first-order valence-corrected chi connectivity index (χ1v) is 7.02. The third-order valence-corrected chi connectivity index (χ3v) is 3.73. The van der Waals surface area contributed by atoms with Crippen molar-refractivity contribution in [3.63, 3.8) is 0 Å². The summed E-state index contributed by atoms with van der Waals surface area (Å²) in [5, 5.41) is 3.55. The number of hydrogen-bond donors (Lipinski definition) is 1. The van der Waals surface area contributed by atoms with E-state index in [1.807, 2.05) is 0 Å². The highest BCUT2D eigenvalue weighted by Gasteiger charge is 2.14. The Bertz CT molecular complexity index is 674. The fraction of sp³-hybridized carbons (Fsp3) is 0.158. The zero-order chi connectivity index (χ0) is 13.9. The Kier molecular flexibility index (Phi) is 3.42. The Hall–Kier alpha value is -2.28. The summed E-state index contributed by atoms with van der Waals surface area (Å²) in [5.41, 5.74) is 7.76. The van der Waals surface area contributed by atoms with E-state index in [0.29, 0.717) is 0 Å². The molecular formula is C19H19N. The molecule has 1 aliphatic rings. The number of anilines is 1. The molecule has 0 atom stereocenters. The molecule has 0 saturated carbocycles. The first kappa shape index (κ1) is 12.7. The topological polar surface area (TPSA) is 12.0 Å². The first-order chi connectivity index (χ1) is 9.75. The van der Waals surface area contributed by atoms with Gasteiger partial charge in [0.25, 0.3) is 0 Å². The van der Waals surface area contributed by atoms with Gasteiger partial charge in [0.05, 0.1) is 0 Å². The maximum absolute atomic E-state index is 3.55. The van der Waals surface area contributed by atoms with Gasteiger partial charge in [0.15, 0.2) is 0 Å². The normalized spacial score (nSPS) is 13.9. The fourth-order valence-electron chi connectivity index (χ4n) is 2.54. The van der Waals surface area contributed by atoms with Crippen LogP contribution >= 0.6 is 0 Å². The van der Waals surface area contributed by atoms with Gasteiger partial charge in [-0.2, -0.15) is 0 Å². The standard InChI is InChI=1S/C19H19N/c1-14(2)16-12-18(15-8-4-3-5-9-15)17-10-6-7-11-19(17)20-13-16/h3-12,20H,13H2,1-2H3. The summed E-state index contributed by atoms with van der Waals surface area (Å²) in [6, 6.07) is 19.1. The van der Waals surface area contributed by atoms with Crippen molar-refractivity contribution >= 4 is 11.3 Å². The lowest BCUT2D eigenvalue weighted by atomic mass is 9.95. The van der Waals surface area contributed by atoms with E-state index < -0.39 is 0 Å². The Morgan fingerprint density at radius 1 is 0.900 bits per heavy atom. The summed E-state index contributed by atoms with van der Waals surface area (Å²) >= 11 is 0. The highest BCUT2D eigenvalue weighted by Crippen LogP contribution is 2.33. The van der Waals surface area contributed by atoms with E-state index in [1.165, 1.54) is 33.5 Å². The van der Waals surface area contributed by atoms with E-state index in [0.717, 1.165) is 6.54 Å². The number of rotatable bonds is 1. The predicted molar refractivity (Wildman–Crippen MR) is 86.8 cm³/mol. The maximum Gasteiger partial charge on any atom is 0.0422 e. The molecule has 1 nitrogen and oxygen atoms in total. The third-order valence-electron chi connectivity index (χ3n) is 3.73. The van der Waals surface area contributed by atoms with Crippen molar-refractivity contribution in [2.24, 2.45) is 0 Å². The molecule has 2 aromatic carbocycles. The lowest BCUT2D eigenvalue weighted by Gasteiger charge is -2.11. The van der Waals surface area contributed by atoms with Crippen LogP contribution in [0, 0.1) is 0 Å². The Balaban J connectivity index is 2.22. The lowest BCUT2D eigenvalue weighted by Crippen LogP contribution is -2.03. The molecule has 0 aliphatic carbocycles. The van der Waals surface area contributed by atoms with Crippen LogP contribution in [0.15, 0.2) is 71.8 Å². The molecule has 0 bridgehead atoms. The van der Waals surface area contributed by atoms with Crippen molar-refractivity contribution in [2.45, 2.75) is 13.8 Å². The third kappa shape index (κ3) is 2.39. The predicted octanol–water partition coefficient (Wildman–Crippen LogP) is 4.88. The van der Waals surface area contributed by atoms with Gasteiger partial charge < -0.3 is 5.32 Å². The molecule has 1 heterocycles. The van der Waals surface area contributed by atoms with E-state index in [9.17, 15) is 0 Å². The van der Waals surface area contributed by atoms with Crippen molar-refractivity contribution in [1.29, 1.82) is 0 Å². The fourth-order valence-corrected chi connectivity index (χ4v) is 2.54. The second-order valence-corrected chi connectivity index (χ2v) is 5.35. The van der Waals surface area contributed by atoms with E-state index in [4.69, 9.17) is 0 Å². The minimum Gasteiger partial charge on any atom is -0.380 e. The molecule has 20 heavy (non-hydrogen) atoms. The number of fused-ring (bicyclic) bond motifs is 1. The van der Waals surface area contributed by atoms with Gasteiger partial charge in [-0.05, 0) is 42.7 Å². The lowest BCUT2D eigenvalue weighted by molar-refractivity contribution is 1.20. The smallest absolute Gasteiger partial charge is 0.0422 e. The van der Waals surface area contributed by atoms with E-state index in [1.54, 1.807) is 0 Å². The summed E-state index contributed by atoms with van der Waals surface area (Å²) in [6.45, 7) is 5.23. The van der Waals surface area contributed by atoms with Crippen LogP contribution in [0.3, 0.4) is 0 Å². The minimum absolute atomic E-state index is 0.885. The van der Waals surface area contributed by atoms with Gasteiger partial charge in [-0.15, -0.1) is 0 Å². The van der Waals surface area contributed by atoms with Crippen LogP contribution < -0.4 is 5.32 Å². The summed E-state index contributed by atoms with van der Waals surface area (Å²) in [5.74, 6) is 0. The second-order valence-electron chi connectivity index (χ2n) is 5.35. The number of allylic oxidation sites excluding steroid dienone is 1. The van der Waals surface area contributed by atoms with E-state index >= 15 is 0 Å². The van der Waals surface area contributed by atoms with Crippen LogP contribution in [0.4, 0.5) is 5.69 Å². The molecule has 1 N–H and O–H groups in total. The summed E-state index contributed by atoms with van der Waals surface area (Å²) in [7, 11) is 0. The van der Waals surface area contributed by atoms with Crippen molar-refractivity contribution in [2.75, 3.05) is 11.9 Å². The number of para-hydroxylation sites is 1. The van der Waals surface area contributed by atoms with Gasteiger partial charge in [0.2, 0.25) is 0 Å². The average Bonchev–Trinajstić information content (AvgIpc) is 2.68. The van der Waals surface area contributed by atoms with Crippen molar-refractivity contribution in [3.05, 3.63) is 82.9 Å². The number of nitrogens with one attached hydrogen (secondary N) is 1. The van der Waals surface area contributed by atoms with Crippen LogP contribution in [0.2, 0.25) is 0 Å². The molecule has 0 unspecified atom stereocenters. The molecule has 1 aliphatic heterocycles. The molecule has 0 aromatic heterocycles. The van der Waals surface area contributed by atoms with Crippen LogP contribution in [0.25, 0.3) is 5.57 Å². The molecular weight excluding hydrogens is 242 g/mol. The van der Waals surface area contributed by atoms with Crippen LogP contribution in [0.1, 0.15) is 25.0 Å². The zero-order valence-electron chi connectivity index (χ0n) is 12.0. The summed E-state index contributed by atoms with van der Waals surface area (Å²) in [6.07, 6.45) is 2.32. The van der Waals surface area contributed by atoms with Crippen molar-refractivity contribution in [3.8, 4) is 0 Å². The molecule has 0 radical (unpaired) electrons. The van der Waals surface area contributed by atoms with Crippen LogP contribution in [0.5, 0.6) is 0 Å². The number of benzene rings is 2. The molecule has 0 saturated heterocycles. The zero-order valence-corrected chi connectivity index (χ0v) is 12.0. The molecule has 100 valence electrons. The molecule has 3 rings (SSSR count). The Labute approximate surface area is 120 Å². The van der Waals surface area contributed by atoms with Gasteiger partial charge in [-0.3, -0.25) is 0 Å². The first-order valence-electron chi connectivity index (χ1n) is 7.02. The highest BCUT2D eigenvalue weighted by atomic mass is 14.9. The van der Waals surface area contributed by atoms with Gasteiger partial charge in [0.1, 0.15) is 0 Å². The number of hydrogen-bond acceptors (Lipinski definition) is 1. The second kappa shape index (κ2) is 5.38. The quantitative estimate of drug-likeness (QED) is 0.771. The maximum atomic E-state index is 3.55. The highest BCUT2D eigenvalue weighted by molar-refractivity contribution is 5.88. The SMILES string of the molecule is CC(C)=C1C=C(c2ccccc2)c2ccccc2NC1. The van der Waals surface area contributed by atoms with Crippen molar-refractivity contribution < 1.29 is 0 Å². The van der Waals surface area contributed by atoms with Gasteiger partial charge in [-0.25, -0.2) is 0 Å². The van der Waals surface area contributed by atoms with E-state index in [2.05, 4.69) is 79.8 Å². The van der Waals surface area contributed by atoms with E-state index in [-0.39, 0.29) is 0 Å². The molecule has 0 spiro atoms. The van der Waals surface area contributed by atoms with Gasteiger partial charge >= 0.3 is 0 Å². The Morgan fingerprint density at radius 3 is 2.35 bits per heavy atom.